The number of carbonyl (C=O) groups is 1. The second kappa shape index (κ2) is 7.02. The first kappa shape index (κ1) is 16.4. The maximum atomic E-state index is 12.7. The highest BCUT2D eigenvalue weighted by atomic mass is 32.1. The zero-order chi connectivity index (χ0) is 17.9. The number of hydrogen-bond donors (Lipinski definition) is 1. The summed E-state index contributed by atoms with van der Waals surface area (Å²) in [7, 11) is 0. The molecule has 0 spiro atoms. The average molecular weight is 356 g/mol. The first-order valence-corrected chi connectivity index (χ1v) is 8.67. The molecule has 0 unspecified atom stereocenters. The lowest BCUT2D eigenvalue weighted by Crippen LogP contribution is -2.00. The number of ketones is 1. The molecule has 1 heterocycles. The summed E-state index contributed by atoms with van der Waals surface area (Å²) < 4.78 is 1.52. The molecule has 26 heavy (non-hydrogen) atoms. The van der Waals surface area contributed by atoms with Crippen molar-refractivity contribution in [3.63, 3.8) is 0 Å². The van der Waals surface area contributed by atoms with Gasteiger partial charge >= 0.3 is 0 Å². The van der Waals surface area contributed by atoms with Crippen LogP contribution in [0, 0.1) is 0 Å². The molecule has 0 amide bonds. The van der Waals surface area contributed by atoms with Gasteiger partial charge in [0.25, 0.3) is 0 Å². The quantitative estimate of drug-likeness (QED) is 0.406. The maximum Gasteiger partial charge on any atom is 0.193 e. The molecule has 126 valence electrons. The lowest BCUT2D eigenvalue weighted by Gasteiger charge is -2.02. The van der Waals surface area contributed by atoms with E-state index in [2.05, 4.69) is 17.9 Å². The Kier molecular flexibility index (Phi) is 4.42. The predicted octanol–water partition coefficient (Wildman–Crippen LogP) is 5.13. The smallest absolute Gasteiger partial charge is 0.193 e. The van der Waals surface area contributed by atoms with Crippen LogP contribution in [0.4, 0.5) is 0 Å². The molecule has 0 atom stereocenters. The molecule has 0 radical (unpaired) electrons. The van der Waals surface area contributed by atoms with Crippen molar-refractivity contribution in [1.29, 1.82) is 0 Å². The van der Waals surface area contributed by atoms with E-state index in [0.29, 0.717) is 11.1 Å². The zero-order valence-electron chi connectivity index (χ0n) is 13.9. The Bertz CT molecular complexity index is 1100. The molecule has 0 aliphatic heterocycles. The number of hydrogen-bond acceptors (Lipinski definition) is 3. The van der Waals surface area contributed by atoms with Crippen molar-refractivity contribution in [2.24, 2.45) is 0 Å². The van der Waals surface area contributed by atoms with E-state index < -0.39 is 0 Å². The summed E-state index contributed by atoms with van der Waals surface area (Å²) >= 11 is 4.41. The summed E-state index contributed by atoms with van der Waals surface area (Å²) in [4.78, 5) is 12.7. The van der Waals surface area contributed by atoms with Crippen molar-refractivity contribution in [1.82, 2.24) is 9.19 Å². The maximum absolute atomic E-state index is 12.7. The zero-order valence-corrected chi connectivity index (χ0v) is 14.8. The van der Waals surface area contributed by atoms with E-state index >= 15 is 0 Å². The predicted molar refractivity (Wildman–Crippen MR) is 109 cm³/mol. The van der Waals surface area contributed by atoms with Crippen LogP contribution in [0.2, 0.25) is 0 Å². The van der Waals surface area contributed by atoms with E-state index in [9.17, 15) is 4.79 Å². The van der Waals surface area contributed by atoms with Gasteiger partial charge in [0.1, 0.15) is 0 Å². The van der Waals surface area contributed by atoms with Crippen LogP contribution >= 0.6 is 12.8 Å². The summed E-state index contributed by atoms with van der Waals surface area (Å²) in [6.07, 6.45) is 3.97. The largest absolute Gasteiger partial charge is 0.289 e. The van der Waals surface area contributed by atoms with E-state index in [4.69, 9.17) is 0 Å². The van der Waals surface area contributed by atoms with Crippen LogP contribution in [0.25, 0.3) is 23.1 Å². The molecule has 3 aromatic carbocycles. The van der Waals surface area contributed by atoms with Crippen molar-refractivity contribution in [3.8, 4) is 0 Å². The summed E-state index contributed by atoms with van der Waals surface area (Å²) in [5.74, 6) is -0.0107. The van der Waals surface area contributed by atoms with Crippen molar-refractivity contribution < 1.29 is 4.79 Å². The summed E-state index contributed by atoms with van der Waals surface area (Å²) in [5, 5.41) is 5.42. The number of fused-ring (bicyclic) bond motifs is 1. The van der Waals surface area contributed by atoms with E-state index in [0.717, 1.165) is 22.2 Å². The molecule has 0 aliphatic rings. The minimum absolute atomic E-state index is 0.0107. The fourth-order valence-corrected chi connectivity index (χ4v) is 3.15. The number of thiol groups is 1. The average Bonchev–Trinajstić information content (AvgIpc) is 3.02. The summed E-state index contributed by atoms with van der Waals surface area (Å²) in [6, 6.07) is 24.9. The minimum atomic E-state index is -0.0107. The van der Waals surface area contributed by atoms with Crippen LogP contribution in [0.1, 0.15) is 27.2 Å². The monoisotopic (exact) mass is 356 g/mol. The van der Waals surface area contributed by atoms with Crippen LogP contribution in [-0.4, -0.2) is 15.0 Å². The van der Waals surface area contributed by atoms with Gasteiger partial charge in [-0.05, 0) is 36.6 Å². The Balaban J connectivity index is 1.71. The van der Waals surface area contributed by atoms with Crippen molar-refractivity contribution in [2.45, 2.75) is 0 Å². The van der Waals surface area contributed by atoms with Gasteiger partial charge in [0.15, 0.2) is 5.78 Å². The van der Waals surface area contributed by atoms with Gasteiger partial charge in [-0.15, -0.1) is 0 Å². The van der Waals surface area contributed by atoms with Gasteiger partial charge in [0.05, 0.1) is 11.2 Å². The van der Waals surface area contributed by atoms with Gasteiger partial charge in [0.2, 0.25) is 0 Å². The summed E-state index contributed by atoms with van der Waals surface area (Å²) in [6.45, 7) is 0. The van der Waals surface area contributed by atoms with Crippen LogP contribution in [0.5, 0.6) is 0 Å². The molecule has 0 fully saturated rings. The number of nitrogens with zero attached hydrogens (tertiary/aromatic N) is 2. The number of rotatable bonds is 4. The molecule has 0 saturated carbocycles. The lowest BCUT2D eigenvalue weighted by atomic mass is 10.0. The van der Waals surface area contributed by atoms with Gasteiger partial charge in [-0.2, -0.15) is 5.10 Å². The molecule has 0 saturated heterocycles. The van der Waals surface area contributed by atoms with Crippen LogP contribution in [-0.2, 0) is 0 Å². The SMILES string of the molecule is O=C(c1ccccc1)c1ccc2c(/C=C/c3ccccc3)nn(S)c2c1. The Morgan fingerprint density at radius 1 is 0.846 bits per heavy atom. The first-order chi connectivity index (χ1) is 12.7. The highest BCUT2D eigenvalue weighted by Crippen LogP contribution is 2.24. The molecule has 0 aliphatic carbocycles. The standard InChI is InChI=1S/C22H16N2OS/c25-22(17-9-5-2-6-10-17)18-12-13-19-20(23-24(26)21(19)15-18)14-11-16-7-3-1-4-8-16/h1-15,26H/b14-11+. The van der Waals surface area contributed by atoms with Crippen molar-refractivity contribution in [2.75, 3.05) is 0 Å². The van der Waals surface area contributed by atoms with Crippen molar-refractivity contribution in [3.05, 3.63) is 101 Å². The van der Waals surface area contributed by atoms with E-state index in [1.165, 1.54) is 4.09 Å². The Morgan fingerprint density at radius 3 is 2.27 bits per heavy atom. The Morgan fingerprint density at radius 2 is 1.54 bits per heavy atom. The van der Waals surface area contributed by atoms with Gasteiger partial charge in [-0.1, -0.05) is 72.8 Å². The van der Waals surface area contributed by atoms with E-state index in [1.54, 1.807) is 0 Å². The van der Waals surface area contributed by atoms with Gasteiger partial charge in [-0.25, -0.2) is 4.09 Å². The number of aromatic nitrogens is 2. The highest BCUT2D eigenvalue weighted by Gasteiger charge is 2.13. The van der Waals surface area contributed by atoms with Gasteiger partial charge < -0.3 is 0 Å². The van der Waals surface area contributed by atoms with Crippen LogP contribution < -0.4 is 0 Å². The third kappa shape index (κ3) is 3.19. The number of carbonyl (C=O) groups excluding carboxylic acids is 1. The molecule has 0 bridgehead atoms. The van der Waals surface area contributed by atoms with E-state index in [1.807, 2.05) is 91.0 Å². The van der Waals surface area contributed by atoms with Crippen molar-refractivity contribution >= 4 is 41.7 Å². The second-order valence-corrected chi connectivity index (χ2v) is 6.32. The molecular formula is C22H16N2OS. The van der Waals surface area contributed by atoms with Crippen LogP contribution in [0.15, 0.2) is 78.9 Å². The first-order valence-electron chi connectivity index (χ1n) is 8.27. The van der Waals surface area contributed by atoms with Gasteiger partial charge in [0, 0.05) is 16.5 Å². The Labute approximate surface area is 157 Å². The number of benzene rings is 3. The molecule has 4 rings (SSSR count). The van der Waals surface area contributed by atoms with E-state index in [-0.39, 0.29) is 5.78 Å². The normalized spacial score (nSPS) is 11.3. The molecule has 1 aromatic heterocycles. The molecule has 4 heteroatoms. The lowest BCUT2D eigenvalue weighted by molar-refractivity contribution is 0.103. The third-order valence-electron chi connectivity index (χ3n) is 4.22. The van der Waals surface area contributed by atoms with Gasteiger partial charge in [-0.3, -0.25) is 4.79 Å². The minimum Gasteiger partial charge on any atom is -0.289 e. The second-order valence-electron chi connectivity index (χ2n) is 5.95. The molecular weight excluding hydrogens is 340 g/mol. The summed E-state index contributed by atoms with van der Waals surface area (Å²) in [5.41, 5.74) is 4.02. The highest BCUT2D eigenvalue weighted by molar-refractivity contribution is 7.78. The Hall–Kier alpha value is -3.11. The fraction of sp³-hybridized carbons (Fsp3) is 0. The topological polar surface area (TPSA) is 34.9 Å². The third-order valence-corrected chi connectivity index (χ3v) is 4.53. The van der Waals surface area contributed by atoms with Crippen LogP contribution in [0.3, 0.4) is 0 Å². The molecule has 0 N–H and O–H groups in total. The molecule has 4 aromatic rings. The fourth-order valence-electron chi connectivity index (χ4n) is 2.88. The molecule has 3 nitrogen and oxygen atoms in total.